The summed E-state index contributed by atoms with van der Waals surface area (Å²) < 4.78 is 14.0. The summed E-state index contributed by atoms with van der Waals surface area (Å²) in [4.78, 5) is 56.5. The minimum absolute atomic E-state index is 0.0871. The van der Waals surface area contributed by atoms with Crippen LogP contribution in [0.5, 0.6) is 0 Å². The van der Waals surface area contributed by atoms with E-state index in [0.29, 0.717) is 5.56 Å². The van der Waals surface area contributed by atoms with Gasteiger partial charge in [0.05, 0.1) is 5.57 Å². The average molecular weight is 527 g/mol. The van der Waals surface area contributed by atoms with Crippen molar-refractivity contribution in [2.45, 2.75) is 5.60 Å². The van der Waals surface area contributed by atoms with Gasteiger partial charge in [-0.2, -0.15) is 0 Å². The summed E-state index contributed by atoms with van der Waals surface area (Å²) >= 11 is 0. The fourth-order valence-corrected chi connectivity index (χ4v) is 6.44. The van der Waals surface area contributed by atoms with Crippen molar-refractivity contribution < 1.29 is 28.7 Å². The highest BCUT2D eigenvalue weighted by Gasteiger charge is 2.72. The first kappa shape index (κ1) is 24.0. The Morgan fingerprint density at radius 2 is 1.05 bits per heavy atom. The fraction of sp³-hybridized carbons (Fsp3) is 0.0588. The van der Waals surface area contributed by atoms with Gasteiger partial charge in [-0.25, -0.2) is 4.39 Å². The molecule has 0 bridgehead atoms. The Morgan fingerprint density at radius 3 is 1.57 bits per heavy atom. The summed E-state index contributed by atoms with van der Waals surface area (Å²) in [5.74, 6) is -3.07. The Hall–Kier alpha value is -5.07. The second-order valence-electron chi connectivity index (χ2n) is 10.1. The maximum atomic E-state index is 14.5. The molecule has 40 heavy (non-hydrogen) atoms. The number of ketones is 4. The number of carbonyl (C=O) groups excluding carboxylic acids is 4. The smallest absolute Gasteiger partial charge is 0.198 e. The molecule has 0 amide bonds. The van der Waals surface area contributed by atoms with Gasteiger partial charge in [-0.1, -0.05) is 91.0 Å². The molecule has 3 aliphatic carbocycles. The lowest BCUT2D eigenvalue weighted by atomic mass is 9.61. The standard InChI is InChI=1S/C34H19FO5/c35-21-16-14-19(15-17-21)26-18-27(28-29(36)22-10-4-5-11-23(22)30(28)37)34(40,20-8-2-1-3-9-20)33(26)31(38)24-12-6-7-13-25(24)32(33)39/h1-18,40H/t34-/m0/s1. The highest BCUT2D eigenvalue weighted by atomic mass is 19.1. The Labute approximate surface area is 227 Å². The number of aliphatic hydroxyl groups is 1. The zero-order valence-electron chi connectivity index (χ0n) is 20.9. The van der Waals surface area contributed by atoms with Crippen LogP contribution in [0.25, 0.3) is 5.57 Å². The van der Waals surface area contributed by atoms with Gasteiger partial charge in [0.25, 0.3) is 0 Å². The molecule has 1 atom stereocenters. The minimum atomic E-state index is -2.44. The van der Waals surface area contributed by atoms with Gasteiger partial charge in [-0.15, -0.1) is 0 Å². The quantitative estimate of drug-likeness (QED) is 0.210. The summed E-state index contributed by atoms with van der Waals surface area (Å²) in [6.45, 7) is 0. The maximum Gasteiger partial charge on any atom is 0.198 e. The first-order valence-electron chi connectivity index (χ1n) is 12.7. The zero-order chi connectivity index (χ0) is 27.8. The normalized spacial score (nSPS) is 20.8. The van der Waals surface area contributed by atoms with E-state index in [0.717, 1.165) is 0 Å². The maximum absolute atomic E-state index is 14.5. The molecule has 5 nitrogen and oxygen atoms in total. The van der Waals surface area contributed by atoms with Gasteiger partial charge in [0.1, 0.15) is 11.4 Å². The lowest BCUT2D eigenvalue weighted by Gasteiger charge is -2.40. The molecule has 0 saturated carbocycles. The third-order valence-electron chi connectivity index (χ3n) is 8.21. The zero-order valence-corrected chi connectivity index (χ0v) is 20.9. The Morgan fingerprint density at radius 1 is 0.575 bits per heavy atom. The number of fused-ring (bicyclic) bond motifs is 2. The van der Waals surface area contributed by atoms with Crippen molar-refractivity contribution in [2.24, 2.45) is 5.41 Å². The van der Waals surface area contributed by atoms with Crippen LogP contribution in [0.2, 0.25) is 0 Å². The molecular weight excluding hydrogens is 507 g/mol. The average Bonchev–Trinajstić information content (AvgIpc) is 3.50. The Balaban J connectivity index is 1.64. The molecule has 0 aliphatic heterocycles. The monoisotopic (exact) mass is 526 g/mol. The van der Waals surface area contributed by atoms with E-state index in [1.54, 1.807) is 54.6 Å². The van der Waals surface area contributed by atoms with E-state index in [9.17, 15) is 28.7 Å². The van der Waals surface area contributed by atoms with Gasteiger partial charge in [0.2, 0.25) is 0 Å². The second-order valence-corrected chi connectivity index (χ2v) is 10.1. The molecule has 7 rings (SSSR count). The van der Waals surface area contributed by atoms with Crippen LogP contribution in [0.3, 0.4) is 0 Å². The van der Waals surface area contributed by atoms with Crippen molar-refractivity contribution in [2.75, 3.05) is 0 Å². The van der Waals surface area contributed by atoms with Gasteiger partial charge >= 0.3 is 0 Å². The lowest BCUT2D eigenvalue weighted by molar-refractivity contribution is 0.00253. The van der Waals surface area contributed by atoms with Crippen LogP contribution in [0, 0.1) is 11.2 Å². The van der Waals surface area contributed by atoms with E-state index in [1.165, 1.54) is 54.6 Å². The number of rotatable bonds is 2. The molecule has 0 heterocycles. The Kier molecular flexibility index (Phi) is 4.93. The van der Waals surface area contributed by atoms with Gasteiger partial charge in [0, 0.05) is 27.8 Å². The van der Waals surface area contributed by atoms with E-state index in [1.807, 2.05) is 0 Å². The first-order chi connectivity index (χ1) is 19.3. The molecule has 4 aromatic carbocycles. The third kappa shape index (κ3) is 2.78. The predicted octanol–water partition coefficient (Wildman–Crippen LogP) is 5.55. The van der Waals surface area contributed by atoms with E-state index >= 15 is 0 Å². The van der Waals surface area contributed by atoms with E-state index < -0.39 is 40.0 Å². The van der Waals surface area contributed by atoms with Crippen LogP contribution >= 0.6 is 0 Å². The molecule has 0 fully saturated rings. The predicted molar refractivity (Wildman–Crippen MR) is 144 cm³/mol. The summed E-state index contributed by atoms with van der Waals surface area (Å²) in [6.07, 6.45) is 1.40. The lowest BCUT2D eigenvalue weighted by Crippen LogP contribution is -2.52. The van der Waals surface area contributed by atoms with Crippen molar-refractivity contribution in [3.05, 3.63) is 160 Å². The van der Waals surface area contributed by atoms with E-state index in [-0.39, 0.29) is 44.5 Å². The van der Waals surface area contributed by atoms with Gasteiger partial charge in [-0.05, 0) is 34.9 Å². The summed E-state index contributed by atoms with van der Waals surface area (Å²) in [5.41, 5.74) is -4.01. The molecule has 1 spiro atoms. The molecule has 0 saturated heterocycles. The molecule has 192 valence electrons. The highest BCUT2D eigenvalue weighted by Crippen LogP contribution is 2.64. The Bertz CT molecular complexity index is 1810. The fourth-order valence-electron chi connectivity index (χ4n) is 6.44. The largest absolute Gasteiger partial charge is 0.378 e. The molecule has 6 heteroatoms. The molecule has 0 aromatic heterocycles. The van der Waals surface area contributed by atoms with Crippen molar-refractivity contribution in [1.29, 1.82) is 0 Å². The van der Waals surface area contributed by atoms with Crippen molar-refractivity contribution in [3.63, 3.8) is 0 Å². The number of hydrogen-bond acceptors (Lipinski definition) is 5. The van der Waals surface area contributed by atoms with Gasteiger partial charge in [0.15, 0.2) is 28.5 Å². The third-order valence-corrected chi connectivity index (χ3v) is 8.21. The summed E-state index contributed by atoms with van der Waals surface area (Å²) in [7, 11) is 0. The van der Waals surface area contributed by atoms with Crippen LogP contribution in [0.1, 0.15) is 52.6 Å². The van der Waals surface area contributed by atoms with Crippen LogP contribution in [0.4, 0.5) is 4.39 Å². The van der Waals surface area contributed by atoms with Crippen molar-refractivity contribution in [1.82, 2.24) is 0 Å². The van der Waals surface area contributed by atoms with Gasteiger partial charge in [-0.3, -0.25) is 19.2 Å². The topological polar surface area (TPSA) is 88.5 Å². The van der Waals surface area contributed by atoms with Crippen LogP contribution in [-0.2, 0) is 5.60 Å². The first-order valence-corrected chi connectivity index (χ1v) is 12.7. The van der Waals surface area contributed by atoms with E-state index in [4.69, 9.17) is 0 Å². The number of Topliss-reactive ketones (excluding diaryl/α,β-unsaturated/α-hetero) is 4. The highest BCUT2D eigenvalue weighted by molar-refractivity contribution is 6.42. The molecule has 0 radical (unpaired) electrons. The number of benzene rings is 4. The van der Waals surface area contributed by atoms with Gasteiger partial charge < -0.3 is 5.11 Å². The molecule has 0 unspecified atom stereocenters. The van der Waals surface area contributed by atoms with Crippen molar-refractivity contribution in [3.8, 4) is 0 Å². The number of halogens is 1. The summed E-state index contributed by atoms with van der Waals surface area (Å²) in [6, 6.07) is 25.9. The summed E-state index contributed by atoms with van der Waals surface area (Å²) in [5, 5.41) is 13.0. The number of hydrogen-bond donors (Lipinski definition) is 1. The number of allylic oxidation sites excluding steroid dienone is 1. The van der Waals surface area contributed by atoms with Crippen LogP contribution < -0.4 is 0 Å². The molecular formula is C34H19FO5. The molecule has 1 N–H and O–H groups in total. The second kappa shape index (κ2) is 8.21. The van der Waals surface area contributed by atoms with Crippen LogP contribution in [0.15, 0.2) is 120 Å². The van der Waals surface area contributed by atoms with Crippen molar-refractivity contribution >= 4 is 28.7 Å². The van der Waals surface area contributed by atoms with E-state index in [2.05, 4.69) is 0 Å². The minimum Gasteiger partial charge on any atom is -0.378 e. The molecule has 4 aromatic rings. The molecule has 3 aliphatic rings. The number of carbonyl (C=O) groups is 4. The SMILES string of the molecule is O=C1C(=C2C=C(c3ccc(F)cc3)C3(C(=O)c4ccccc4C3=O)[C@]2(O)c2ccccc2)C(=O)c2ccccc21. The van der Waals surface area contributed by atoms with Crippen LogP contribution in [-0.4, -0.2) is 28.2 Å².